The van der Waals surface area contributed by atoms with Crippen molar-refractivity contribution in [3.8, 4) is 11.4 Å². The van der Waals surface area contributed by atoms with Gasteiger partial charge >= 0.3 is 0 Å². The molecule has 1 fully saturated rings. The molecule has 1 N–H and O–H groups in total. The molecule has 7 nitrogen and oxygen atoms in total. The van der Waals surface area contributed by atoms with Crippen LogP contribution in [0.15, 0.2) is 53.3 Å². The molecule has 0 radical (unpaired) electrons. The molecule has 3 heterocycles. The molecule has 10 heteroatoms. The van der Waals surface area contributed by atoms with Crippen LogP contribution < -0.4 is 5.32 Å². The molecule has 1 saturated carbocycles. The van der Waals surface area contributed by atoms with Gasteiger partial charge in [-0.3, -0.25) is 9.20 Å². The number of anilines is 1. The maximum Gasteiger partial charge on any atom is 0.274 e. The second-order valence-electron chi connectivity index (χ2n) is 6.69. The maximum atomic E-state index is 13.2. The molecule has 1 aliphatic rings. The number of halogens is 3. The van der Waals surface area contributed by atoms with E-state index in [2.05, 4.69) is 20.4 Å². The topological polar surface area (TPSA) is 85.3 Å². The first-order chi connectivity index (χ1) is 13.9. The lowest BCUT2D eigenvalue weighted by atomic mass is 10.2. The molecule has 4 aromatic rings. The van der Waals surface area contributed by atoms with Gasteiger partial charge in [0.2, 0.25) is 11.7 Å². The minimum atomic E-state index is -2.79. The van der Waals surface area contributed by atoms with Crippen molar-refractivity contribution in [2.24, 2.45) is 0 Å². The van der Waals surface area contributed by atoms with E-state index in [0.717, 1.165) is 0 Å². The number of rotatable bonds is 4. The lowest BCUT2D eigenvalue weighted by Gasteiger charge is -2.08. The Kier molecular flexibility index (Phi) is 3.88. The molecule has 1 aliphatic carbocycles. The number of amides is 1. The quantitative estimate of drug-likeness (QED) is 0.533. The Labute approximate surface area is 167 Å². The van der Waals surface area contributed by atoms with Crippen molar-refractivity contribution in [3.05, 3.63) is 65.4 Å². The highest BCUT2D eigenvalue weighted by molar-refractivity contribution is 6.34. The molecule has 0 spiro atoms. The highest BCUT2D eigenvalue weighted by Crippen LogP contribution is 2.55. The minimum Gasteiger partial charge on any atom is -0.338 e. The number of hydrogen-bond donors (Lipinski definition) is 1. The smallest absolute Gasteiger partial charge is 0.274 e. The highest BCUT2D eigenvalue weighted by atomic mass is 35.5. The third-order valence-corrected chi connectivity index (χ3v) is 5.02. The summed E-state index contributed by atoms with van der Waals surface area (Å²) in [6, 6.07) is 10.1. The summed E-state index contributed by atoms with van der Waals surface area (Å²) >= 11 is 6.21. The third-order valence-electron chi connectivity index (χ3n) is 4.69. The van der Waals surface area contributed by atoms with Crippen LogP contribution in [0.5, 0.6) is 0 Å². The lowest BCUT2D eigenvalue weighted by Crippen LogP contribution is -2.14. The number of fused-ring (bicyclic) bond motifs is 1. The predicted molar refractivity (Wildman–Crippen MR) is 100 cm³/mol. The Morgan fingerprint density at radius 3 is 2.93 bits per heavy atom. The highest BCUT2D eigenvalue weighted by Gasteiger charge is 2.61. The van der Waals surface area contributed by atoms with Crippen molar-refractivity contribution >= 4 is 28.8 Å². The summed E-state index contributed by atoms with van der Waals surface area (Å²) in [6.07, 6.45) is 2.89. The van der Waals surface area contributed by atoms with Gasteiger partial charge in [-0.15, -0.1) is 0 Å². The van der Waals surface area contributed by atoms with Gasteiger partial charge < -0.3 is 9.84 Å². The molecule has 146 valence electrons. The zero-order valence-corrected chi connectivity index (χ0v) is 15.4. The fraction of sp³-hybridized carbons (Fsp3) is 0.158. The largest absolute Gasteiger partial charge is 0.338 e. The van der Waals surface area contributed by atoms with Crippen LogP contribution >= 0.6 is 11.6 Å². The van der Waals surface area contributed by atoms with E-state index < -0.39 is 17.7 Å². The van der Waals surface area contributed by atoms with Gasteiger partial charge in [0.05, 0.1) is 16.9 Å². The average Bonchev–Trinajstić information content (AvgIpc) is 3.10. The Bertz CT molecular complexity index is 1250. The van der Waals surface area contributed by atoms with Crippen LogP contribution in [0.25, 0.3) is 17.0 Å². The molecule has 29 heavy (non-hydrogen) atoms. The molecule has 0 bridgehead atoms. The number of imidazole rings is 1. The summed E-state index contributed by atoms with van der Waals surface area (Å²) in [4.78, 5) is 20.9. The number of hydrogen-bond acceptors (Lipinski definition) is 5. The van der Waals surface area contributed by atoms with Crippen molar-refractivity contribution in [1.29, 1.82) is 0 Å². The average molecular weight is 416 g/mol. The Morgan fingerprint density at radius 2 is 2.14 bits per heavy atom. The molecule has 0 unspecified atom stereocenters. The van der Waals surface area contributed by atoms with Crippen molar-refractivity contribution in [2.45, 2.75) is 18.3 Å². The molecular weight excluding hydrogens is 404 g/mol. The van der Waals surface area contributed by atoms with Gasteiger partial charge in [0.15, 0.2) is 0 Å². The fourth-order valence-corrected chi connectivity index (χ4v) is 3.19. The van der Waals surface area contributed by atoms with E-state index in [9.17, 15) is 13.6 Å². The molecule has 0 aliphatic heterocycles. The van der Waals surface area contributed by atoms with E-state index in [-0.39, 0.29) is 18.1 Å². The number of nitrogens with one attached hydrogen (secondary N) is 1. The normalized spacial score (nSPS) is 17.4. The number of carbonyl (C=O) groups is 1. The summed E-state index contributed by atoms with van der Waals surface area (Å²) in [5, 5.41) is 6.80. The molecule has 1 aromatic carbocycles. The third kappa shape index (κ3) is 3.13. The molecule has 1 amide bonds. The van der Waals surface area contributed by atoms with Gasteiger partial charge in [-0.1, -0.05) is 22.8 Å². The molecular formula is C19H12ClF2N5O2. The van der Waals surface area contributed by atoms with Crippen LogP contribution in [0.1, 0.15) is 28.7 Å². The standard InChI is InChI=1S/C19H12ClF2N5O2/c20-12-5-4-10(16-25-18(29-26-16)11-8-19(11,21)22)7-13(12)24-17(28)14-9-23-15-3-1-2-6-27(14)15/h1-7,9,11H,8H2,(H,24,28)/t11-/m1/s1. The van der Waals surface area contributed by atoms with Gasteiger partial charge in [-0.2, -0.15) is 4.98 Å². The first-order valence-corrected chi connectivity index (χ1v) is 9.05. The van der Waals surface area contributed by atoms with Gasteiger partial charge in [0.1, 0.15) is 17.3 Å². The van der Waals surface area contributed by atoms with Gasteiger partial charge in [-0.25, -0.2) is 13.8 Å². The monoisotopic (exact) mass is 415 g/mol. The number of alkyl halides is 2. The summed E-state index contributed by atoms with van der Waals surface area (Å²) in [7, 11) is 0. The van der Waals surface area contributed by atoms with Crippen molar-refractivity contribution in [3.63, 3.8) is 0 Å². The first-order valence-electron chi connectivity index (χ1n) is 8.67. The Hall–Kier alpha value is -3.33. The number of benzene rings is 1. The van der Waals surface area contributed by atoms with Crippen LogP contribution in [-0.4, -0.2) is 31.4 Å². The van der Waals surface area contributed by atoms with Crippen molar-refractivity contribution in [2.75, 3.05) is 5.32 Å². The van der Waals surface area contributed by atoms with Crippen LogP contribution in [0.4, 0.5) is 14.5 Å². The molecule has 1 atom stereocenters. The SMILES string of the molecule is O=C(Nc1cc(-c2noc([C@H]3CC3(F)F)n2)ccc1Cl)c1cnc2ccccn12. The van der Waals surface area contributed by atoms with E-state index in [0.29, 0.717) is 27.6 Å². The van der Waals surface area contributed by atoms with Crippen molar-refractivity contribution in [1.82, 2.24) is 19.5 Å². The second kappa shape index (κ2) is 6.35. The Balaban J connectivity index is 1.42. The van der Waals surface area contributed by atoms with Gasteiger partial charge in [0.25, 0.3) is 11.8 Å². The number of carbonyl (C=O) groups excluding carboxylic acids is 1. The number of aromatic nitrogens is 4. The second-order valence-corrected chi connectivity index (χ2v) is 7.10. The fourth-order valence-electron chi connectivity index (χ4n) is 3.02. The molecule has 3 aromatic heterocycles. The Morgan fingerprint density at radius 1 is 1.31 bits per heavy atom. The predicted octanol–water partition coefficient (Wildman–Crippen LogP) is 4.41. The van der Waals surface area contributed by atoms with Gasteiger partial charge in [0, 0.05) is 18.2 Å². The zero-order chi connectivity index (χ0) is 20.2. The first kappa shape index (κ1) is 17.7. The van der Waals surface area contributed by atoms with Crippen LogP contribution in [-0.2, 0) is 0 Å². The maximum absolute atomic E-state index is 13.2. The number of pyridine rings is 1. The minimum absolute atomic E-state index is 0.101. The summed E-state index contributed by atoms with van der Waals surface area (Å²) in [5.74, 6) is -4.20. The zero-order valence-electron chi connectivity index (χ0n) is 14.6. The lowest BCUT2D eigenvalue weighted by molar-refractivity contribution is 0.102. The summed E-state index contributed by atoms with van der Waals surface area (Å²) in [6.45, 7) is 0. The molecule has 0 saturated heterocycles. The summed E-state index contributed by atoms with van der Waals surface area (Å²) < 4.78 is 33.0. The van der Waals surface area contributed by atoms with Crippen LogP contribution in [0.2, 0.25) is 5.02 Å². The van der Waals surface area contributed by atoms with Crippen LogP contribution in [0.3, 0.4) is 0 Å². The van der Waals surface area contributed by atoms with Crippen molar-refractivity contribution < 1.29 is 18.1 Å². The van der Waals surface area contributed by atoms with Gasteiger partial charge in [-0.05, 0) is 30.3 Å². The van der Waals surface area contributed by atoms with E-state index in [1.165, 1.54) is 6.20 Å². The van der Waals surface area contributed by atoms with E-state index in [1.54, 1.807) is 40.9 Å². The van der Waals surface area contributed by atoms with Crippen LogP contribution in [0, 0.1) is 0 Å². The molecule has 5 rings (SSSR count). The number of nitrogens with zero attached hydrogens (tertiary/aromatic N) is 4. The summed E-state index contributed by atoms with van der Waals surface area (Å²) in [5.41, 5.74) is 1.76. The van der Waals surface area contributed by atoms with E-state index in [1.807, 2.05) is 6.07 Å². The van der Waals surface area contributed by atoms with E-state index in [4.69, 9.17) is 16.1 Å². The van der Waals surface area contributed by atoms with E-state index >= 15 is 0 Å².